The van der Waals surface area contributed by atoms with Crippen LogP contribution in [0.15, 0.2) is 73.1 Å². The number of fused-ring (bicyclic) bond motifs is 1. The Kier molecular flexibility index (Phi) is 5.43. The van der Waals surface area contributed by atoms with Gasteiger partial charge in [0.05, 0.1) is 11.4 Å². The number of rotatable bonds is 6. The molecule has 0 saturated heterocycles. The molecule has 0 fully saturated rings. The highest BCUT2D eigenvalue weighted by atomic mass is 16.1. The minimum absolute atomic E-state index is 0.0381. The summed E-state index contributed by atoms with van der Waals surface area (Å²) in [5.41, 5.74) is 6.92. The highest BCUT2D eigenvalue weighted by Gasteiger charge is 2.12. The van der Waals surface area contributed by atoms with Crippen molar-refractivity contribution < 1.29 is 4.79 Å². The van der Waals surface area contributed by atoms with E-state index < -0.39 is 0 Å². The number of pyridine rings is 1. The molecular formula is C25H25N3O. The van der Waals surface area contributed by atoms with E-state index in [9.17, 15) is 4.79 Å². The smallest absolute Gasteiger partial charge is 0.224 e. The molecule has 2 aromatic carbocycles. The molecule has 4 aromatic rings. The van der Waals surface area contributed by atoms with E-state index in [2.05, 4.69) is 48.6 Å². The molecule has 0 aliphatic rings. The van der Waals surface area contributed by atoms with Gasteiger partial charge in [0, 0.05) is 24.4 Å². The predicted molar refractivity (Wildman–Crippen MR) is 119 cm³/mol. The molecule has 4 rings (SSSR count). The van der Waals surface area contributed by atoms with Crippen molar-refractivity contribution in [3.05, 3.63) is 78.6 Å². The van der Waals surface area contributed by atoms with Crippen molar-refractivity contribution in [2.24, 2.45) is 0 Å². The van der Waals surface area contributed by atoms with Crippen LogP contribution in [0.4, 0.5) is 5.69 Å². The first-order chi connectivity index (χ1) is 14.1. The van der Waals surface area contributed by atoms with Gasteiger partial charge in [0.1, 0.15) is 0 Å². The lowest BCUT2D eigenvalue weighted by atomic mass is 10.0. The number of unbranched alkanes of at least 4 members (excludes halogenated alkanes) is 1. The monoisotopic (exact) mass is 383 g/mol. The molecule has 2 heterocycles. The standard InChI is InChI=1S/C25H25N3O/c1-3-4-10-24(29)26-22-15-18(2)16-28-17-23(27-25(22)28)21-13-11-20(12-14-21)19-8-6-5-7-9-19/h5-9,11-17H,3-4,10H2,1-2H3,(H,26,29). The van der Waals surface area contributed by atoms with E-state index in [1.54, 1.807) is 0 Å². The van der Waals surface area contributed by atoms with Gasteiger partial charge < -0.3 is 9.72 Å². The van der Waals surface area contributed by atoms with Gasteiger partial charge in [-0.1, -0.05) is 67.9 Å². The quantitative estimate of drug-likeness (QED) is 0.437. The van der Waals surface area contributed by atoms with Crippen molar-refractivity contribution in [2.75, 3.05) is 5.32 Å². The number of aromatic nitrogens is 2. The molecule has 4 heteroatoms. The fraction of sp³-hybridized carbons (Fsp3) is 0.200. The maximum absolute atomic E-state index is 12.2. The normalized spacial score (nSPS) is 11.0. The molecule has 0 bridgehead atoms. The summed E-state index contributed by atoms with van der Waals surface area (Å²) < 4.78 is 1.99. The van der Waals surface area contributed by atoms with Gasteiger partial charge in [-0.15, -0.1) is 0 Å². The van der Waals surface area contributed by atoms with Gasteiger partial charge in [-0.3, -0.25) is 4.79 Å². The number of carbonyl (C=O) groups is 1. The second-order valence-corrected chi connectivity index (χ2v) is 7.38. The third-order valence-electron chi connectivity index (χ3n) is 5.01. The topological polar surface area (TPSA) is 46.4 Å². The van der Waals surface area contributed by atoms with Crippen LogP contribution in [0.3, 0.4) is 0 Å². The molecule has 4 nitrogen and oxygen atoms in total. The van der Waals surface area contributed by atoms with E-state index in [4.69, 9.17) is 4.98 Å². The van der Waals surface area contributed by atoms with Crippen molar-refractivity contribution in [3.63, 3.8) is 0 Å². The van der Waals surface area contributed by atoms with Crippen LogP contribution in [0.5, 0.6) is 0 Å². The van der Waals surface area contributed by atoms with E-state index in [0.29, 0.717) is 6.42 Å². The number of amides is 1. The second-order valence-electron chi connectivity index (χ2n) is 7.38. The molecule has 0 atom stereocenters. The Hall–Kier alpha value is -3.40. The van der Waals surface area contributed by atoms with Crippen molar-refractivity contribution in [1.82, 2.24) is 9.38 Å². The predicted octanol–water partition coefficient (Wildman–Crippen LogP) is 6.11. The van der Waals surface area contributed by atoms with E-state index in [0.717, 1.165) is 41.0 Å². The number of carbonyl (C=O) groups excluding carboxylic acids is 1. The molecular weight excluding hydrogens is 358 g/mol. The first-order valence-electron chi connectivity index (χ1n) is 10.1. The van der Waals surface area contributed by atoms with Gasteiger partial charge in [0.25, 0.3) is 0 Å². The highest BCUT2D eigenvalue weighted by Crippen LogP contribution is 2.27. The maximum Gasteiger partial charge on any atom is 0.224 e. The van der Waals surface area contributed by atoms with Crippen LogP contribution in [0.1, 0.15) is 31.7 Å². The van der Waals surface area contributed by atoms with Gasteiger partial charge in [-0.2, -0.15) is 0 Å². The van der Waals surface area contributed by atoms with Crippen LogP contribution in [0, 0.1) is 6.92 Å². The molecule has 1 N–H and O–H groups in total. The van der Waals surface area contributed by atoms with Crippen LogP contribution in [-0.4, -0.2) is 15.3 Å². The third-order valence-corrected chi connectivity index (χ3v) is 5.01. The molecule has 1 amide bonds. The number of hydrogen-bond acceptors (Lipinski definition) is 2. The summed E-state index contributed by atoms with van der Waals surface area (Å²) in [6.07, 6.45) is 6.48. The van der Waals surface area contributed by atoms with Gasteiger partial charge in [-0.05, 0) is 36.1 Å². The Morgan fingerprint density at radius 2 is 1.66 bits per heavy atom. The van der Waals surface area contributed by atoms with Crippen LogP contribution in [-0.2, 0) is 4.79 Å². The number of nitrogens with zero attached hydrogens (tertiary/aromatic N) is 2. The van der Waals surface area contributed by atoms with E-state index >= 15 is 0 Å². The van der Waals surface area contributed by atoms with Gasteiger partial charge in [0.15, 0.2) is 5.65 Å². The number of hydrogen-bond donors (Lipinski definition) is 1. The molecule has 0 spiro atoms. The Labute approximate surface area is 171 Å². The molecule has 2 aromatic heterocycles. The zero-order valence-electron chi connectivity index (χ0n) is 16.9. The van der Waals surface area contributed by atoms with Gasteiger partial charge in [-0.25, -0.2) is 4.98 Å². The zero-order chi connectivity index (χ0) is 20.2. The molecule has 146 valence electrons. The molecule has 0 unspecified atom stereocenters. The van der Waals surface area contributed by atoms with E-state index in [1.165, 1.54) is 11.1 Å². The number of nitrogens with one attached hydrogen (secondary N) is 1. The first-order valence-corrected chi connectivity index (χ1v) is 10.1. The number of benzene rings is 2. The maximum atomic E-state index is 12.2. The molecule has 0 aliphatic heterocycles. The molecule has 0 aliphatic carbocycles. The fourth-order valence-corrected chi connectivity index (χ4v) is 3.49. The summed E-state index contributed by atoms with van der Waals surface area (Å²) in [5, 5.41) is 3.03. The number of anilines is 1. The van der Waals surface area contributed by atoms with Crippen molar-refractivity contribution in [3.8, 4) is 22.4 Å². The van der Waals surface area contributed by atoms with Crippen LogP contribution in [0.2, 0.25) is 0 Å². The van der Waals surface area contributed by atoms with Gasteiger partial charge in [0.2, 0.25) is 5.91 Å². The fourth-order valence-electron chi connectivity index (χ4n) is 3.49. The first kappa shape index (κ1) is 18.9. The highest BCUT2D eigenvalue weighted by molar-refractivity contribution is 5.94. The van der Waals surface area contributed by atoms with Crippen molar-refractivity contribution in [2.45, 2.75) is 33.1 Å². The lowest BCUT2D eigenvalue weighted by Crippen LogP contribution is -2.12. The summed E-state index contributed by atoms with van der Waals surface area (Å²) in [4.78, 5) is 17.0. The summed E-state index contributed by atoms with van der Waals surface area (Å²) >= 11 is 0. The Bertz CT molecular complexity index is 1130. The van der Waals surface area contributed by atoms with Gasteiger partial charge >= 0.3 is 0 Å². The van der Waals surface area contributed by atoms with E-state index in [-0.39, 0.29) is 5.91 Å². The lowest BCUT2D eigenvalue weighted by Gasteiger charge is -2.07. The van der Waals surface area contributed by atoms with Crippen molar-refractivity contribution >= 4 is 17.2 Å². The van der Waals surface area contributed by atoms with Crippen molar-refractivity contribution in [1.29, 1.82) is 0 Å². The minimum Gasteiger partial charge on any atom is -0.323 e. The molecule has 0 radical (unpaired) electrons. The average Bonchev–Trinajstić information content (AvgIpc) is 3.17. The summed E-state index contributed by atoms with van der Waals surface area (Å²) in [5.74, 6) is 0.0381. The zero-order valence-corrected chi connectivity index (χ0v) is 16.9. The Balaban J connectivity index is 1.65. The average molecular weight is 383 g/mol. The minimum atomic E-state index is 0.0381. The Morgan fingerprint density at radius 3 is 2.38 bits per heavy atom. The summed E-state index contributed by atoms with van der Waals surface area (Å²) in [6, 6.07) is 20.7. The van der Waals surface area contributed by atoms with Crippen LogP contribution < -0.4 is 5.32 Å². The number of aryl methyl sites for hydroxylation is 1. The lowest BCUT2D eigenvalue weighted by molar-refractivity contribution is -0.116. The number of imidazole rings is 1. The van der Waals surface area contributed by atoms with Crippen LogP contribution in [0.25, 0.3) is 28.0 Å². The molecule has 29 heavy (non-hydrogen) atoms. The van der Waals surface area contributed by atoms with E-state index in [1.807, 2.05) is 48.0 Å². The second kappa shape index (κ2) is 8.31. The summed E-state index contributed by atoms with van der Waals surface area (Å²) in [6.45, 7) is 4.11. The van der Waals surface area contributed by atoms with Crippen LogP contribution >= 0.6 is 0 Å². The largest absolute Gasteiger partial charge is 0.323 e. The Morgan fingerprint density at radius 1 is 0.966 bits per heavy atom. The molecule has 0 saturated carbocycles. The third kappa shape index (κ3) is 4.21. The SMILES string of the molecule is CCCCC(=O)Nc1cc(C)cn2cc(-c3ccc(-c4ccccc4)cc3)nc12. The summed E-state index contributed by atoms with van der Waals surface area (Å²) in [7, 11) is 0.